The molecule has 1 aliphatic rings. The summed E-state index contributed by atoms with van der Waals surface area (Å²) >= 11 is 1.28. The molecule has 23 N–H and O–H groups in total. The number of aliphatic hydroxyl groups is 1. The number of phenolic OH excluding ortho intramolecular Hbond substituents is 1. The van der Waals surface area contributed by atoms with E-state index in [9.17, 15) is 87.5 Å². The summed E-state index contributed by atoms with van der Waals surface area (Å²) in [5, 5.41) is 71.5. The van der Waals surface area contributed by atoms with Crippen LogP contribution in [0.2, 0.25) is 0 Å². The number of carboxylic acid groups (broad SMARTS) is 2. The molecule has 1 aromatic heterocycles. The number of phenols is 1. The van der Waals surface area contributed by atoms with Crippen LogP contribution in [0.5, 0.6) is 5.75 Å². The second-order valence-corrected chi connectivity index (χ2v) is 27.5. The number of primary amides is 1. The molecule has 12 amide bonds. The summed E-state index contributed by atoms with van der Waals surface area (Å²) < 4.78 is 0. The summed E-state index contributed by atoms with van der Waals surface area (Å²) in [5.74, 6) is -15.8. The topological polar surface area (TPSA) is 583 Å². The maximum absolute atomic E-state index is 14.6. The minimum absolute atomic E-state index is 0.0315. The Morgan fingerprint density at radius 3 is 1.61 bits per heavy atom. The number of carbonyl (C=O) groups excluding carboxylic acids is 12. The fourth-order valence-electron chi connectivity index (χ4n) is 11.0. The quantitative estimate of drug-likeness (QED) is 0.0176. The maximum Gasteiger partial charge on any atom is 0.326 e. The van der Waals surface area contributed by atoms with E-state index in [-0.39, 0.29) is 80.6 Å². The fraction of sp³-hybridized carbons (Fsp3) is 0.642. The molecule has 580 valence electrons. The third-order valence-corrected chi connectivity index (χ3v) is 17.9. The van der Waals surface area contributed by atoms with Crippen LogP contribution in [-0.2, 0) is 80.0 Å². The number of piperidine rings is 1. The van der Waals surface area contributed by atoms with Gasteiger partial charge in [0.05, 0.1) is 24.8 Å². The normalized spacial score (nSPS) is 16.8. The van der Waals surface area contributed by atoms with Gasteiger partial charge in [0.1, 0.15) is 72.2 Å². The van der Waals surface area contributed by atoms with Crippen LogP contribution in [0.15, 0.2) is 41.8 Å². The van der Waals surface area contributed by atoms with Crippen LogP contribution < -0.4 is 81.0 Å². The Labute approximate surface area is 608 Å². The Kier molecular flexibility index (Phi) is 38.7. The van der Waals surface area contributed by atoms with Gasteiger partial charge in [-0.25, -0.2) is 9.78 Å². The van der Waals surface area contributed by atoms with E-state index in [4.69, 9.17) is 17.2 Å². The molecule has 0 aliphatic carbocycles. The second-order valence-electron chi connectivity index (χ2n) is 26.5. The highest BCUT2D eigenvalue weighted by molar-refractivity contribution is 7.98. The standard InChI is InChI=1S/C67H108N18O18S/c1-10-35(5)53(84-59(95)43(15-13-24-73-67(69)70)76-62(98)47(28-39-16-18-42(87)19-17-39)80-56(92)40-14-12-23-71-31-40)64(100)78-45(22-25-104-9)58(94)77-44(20-21-52(89)90)57(93)81-46(27-37(7)86)61(97)82-48(29-41-32-72-33-74-41)60(96)75-38(8)55(91)79-49(30-51(68)88)63(99)85-54(36(6)11-2)65(101)83-50(66(102)103)26-34(3)4/h16-19,32-38,40,43-50,53-54,71,86-87H,10-15,20-31H2,1-9H3,(H2,68,88)(H,72,74)(H,75,96)(H,76,98)(H,77,94)(H,78,100)(H,79,91)(H,80,92)(H,81,93)(H,82,97)(H,83,101)(H,84,95)(H,85,99)(H,89,90)(H,102,103)(H4,69,70,73)/t35?,36?,37-,38+,40-,43+,44+,45+,46+,47+,48+,49+,50+,53+,54+/m1/s1. The fourth-order valence-corrected chi connectivity index (χ4v) is 11.4. The molecule has 37 heteroatoms. The van der Waals surface area contributed by atoms with Crippen molar-refractivity contribution in [3.05, 3.63) is 48.0 Å². The average Bonchev–Trinajstić information content (AvgIpc) is 1.09. The van der Waals surface area contributed by atoms with Crippen LogP contribution in [0.1, 0.15) is 144 Å². The number of aliphatic imine (C=N–C) groups is 1. The Hall–Kier alpha value is -9.65. The SMILES string of the molecule is CCC(C)[C@H](NC(=O)[C@H](CC(N)=O)NC(=O)[C@H](C)NC(=O)[C@H](Cc1cnc[nH]1)NC(=O)[C@H](C[C@@H](C)O)NC(=O)[C@H](CCC(=O)O)NC(=O)[C@H](CCSC)NC(=O)[C@@H](NC(=O)[C@H](CCCN=C(N)N)NC(=O)[C@H](Cc1ccc(O)cc1)NC(=O)[C@@H]1CCCNC1)C(C)CC)C(=O)N[C@@H](CC(C)C)C(=O)O. The number of aromatic amines is 1. The molecule has 104 heavy (non-hydrogen) atoms. The van der Waals surface area contributed by atoms with Gasteiger partial charge < -0.3 is 106 Å². The first-order chi connectivity index (χ1) is 49.1. The number of aliphatic hydroxyl groups excluding tert-OH is 1. The first-order valence-corrected chi connectivity index (χ1v) is 36.2. The molecule has 1 aliphatic heterocycles. The van der Waals surface area contributed by atoms with E-state index in [0.29, 0.717) is 24.9 Å². The Morgan fingerprint density at radius 2 is 1.10 bits per heavy atom. The van der Waals surface area contributed by atoms with E-state index in [0.717, 1.165) is 13.0 Å². The lowest BCUT2D eigenvalue weighted by atomic mass is 9.96. The number of aromatic nitrogens is 2. The summed E-state index contributed by atoms with van der Waals surface area (Å²) in [6.45, 7) is 13.8. The van der Waals surface area contributed by atoms with Crippen LogP contribution in [0.25, 0.3) is 0 Å². The highest BCUT2D eigenvalue weighted by atomic mass is 32.2. The monoisotopic (exact) mass is 1480 g/mol. The van der Waals surface area contributed by atoms with Gasteiger partial charge in [-0.05, 0) is 113 Å². The highest BCUT2D eigenvalue weighted by Gasteiger charge is 2.39. The van der Waals surface area contributed by atoms with Crippen molar-refractivity contribution >= 4 is 101 Å². The number of nitrogens with two attached hydrogens (primary N) is 3. The van der Waals surface area contributed by atoms with E-state index in [1.54, 1.807) is 59.9 Å². The molecule has 15 atom stereocenters. The highest BCUT2D eigenvalue weighted by Crippen LogP contribution is 2.18. The molecule has 1 fully saturated rings. The molecule has 0 radical (unpaired) electrons. The van der Waals surface area contributed by atoms with Gasteiger partial charge in [-0.3, -0.25) is 67.3 Å². The van der Waals surface area contributed by atoms with Gasteiger partial charge >= 0.3 is 11.9 Å². The van der Waals surface area contributed by atoms with Gasteiger partial charge in [0.25, 0.3) is 0 Å². The predicted octanol–water partition coefficient (Wildman–Crippen LogP) is -3.21. The van der Waals surface area contributed by atoms with Crippen molar-refractivity contribution in [1.29, 1.82) is 0 Å². The number of nitrogens with zero attached hydrogens (tertiary/aromatic N) is 2. The van der Waals surface area contributed by atoms with Crippen molar-refractivity contribution in [3.63, 3.8) is 0 Å². The number of amides is 12. The first-order valence-electron chi connectivity index (χ1n) is 34.8. The van der Waals surface area contributed by atoms with Crippen molar-refractivity contribution in [2.45, 2.75) is 218 Å². The number of nitrogens with one attached hydrogen (secondary N) is 13. The zero-order chi connectivity index (χ0) is 77.9. The summed E-state index contributed by atoms with van der Waals surface area (Å²) in [6.07, 6.45) is 1.82. The number of aliphatic carboxylic acids is 2. The van der Waals surface area contributed by atoms with Crippen molar-refractivity contribution < 1.29 is 87.5 Å². The lowest BCUT2D eigenvalue weighted by molar-refractivity contribution is -0.143. The first kappa shape index (κ1) is 88.6. The second kappa shape index (κ2) is 45.5. The number of rotatable bonds is 47. The summed E-state index contributed by atoms with van der Waals surface area (Å²) in [4.78, 5) is 203. The smallest absolute Gasteiger partial charge is 0.326 e. The number of guanidine groups is 1. The largest absolute Gasteiger partial charge is 0.508 e. The summed E-state index contributed by atoms with van der Waals surface area (Å²) in [7, 11) is 0. The average molecular weight is 1490 g/mol. The van der Waals surface area contributed by atoms with E-state index >= 15 is 0 Å². The molecule has 0 spiro atoms. The number of aromatic hydroxyl groups is 1. The summed E-state index contributed by atoms with van der Waals surface area (Å²) in [6, 6.07) is -10.5. The minimum Gasteiger partial charge on any atom is -0.508 e. The van der Waals surface area contributed by atoms with Crippen molar-refractivity contribution in [3.8, 4) is 5.75 Å². The van der Waals surface area contributed by atoms with Crippen molar-refractivity contribution in [1.82, 2.24) is 73.8 Å². The van der Waals surface area contributed by atoms with E-state index in [1.807, 2.05) is 0 Å². The Morgan fingerprint density at radius 1 is 0.596 bits per heavy atom. The molecule has 2 heterocycles. The molecule has 3 rings (SSSR count). The zero-order valence-electron chi connectivity index (χ0n) is 60.5. The zero-order valence-corrected chi connectivity index (χ0v) is 61.3. The molecule has 36 nitrogen and oxygen atoms in total. The van der Waals surface area contributed by atoms with E-state index in [2.05, 4.69) is 78.8 Å². The molecular formula is C67H108N18O18S. The number of carboxylic acids is 2. The number of hydrogen-bond donors (Lipinski definition) is 20. The molecule has 0 saturated carbocycles. The molecule has 0 bridgehead atoms. The molecule has 2 aromatic rings. The van der Waals surface area contributed by atoms with Gasteiger partial charge in [-0.1, -0.05) is 66.5 Å². The number of H-pyrrole nitrogens is 1. The van der Waals surface area contributed by atoms with Gasteiger partial charge in [-0.2, -0.15) is 11.8 Å². The maximum atomic E-state index is 14.6. The van der Waals surface area contributed by atoms with Gasteiger partial charge in [0, 0.05) is 50.7 Å². The number of benzene rings is 1. The summed E-state index contributed by atoms with van der Waals surface area (Å²) in [5.41, 5.74) is 17.4. The van der Waals surface area contributed by atoms with Crippen LogP contribution in [0.4, 0.5) is 0 Å². The molecule has 2 unspecified atom stereocenters. The number of carbonyl (C=O) groups is 14. The van der Waals surface area contributed by atoms with Crippen molar-refractivity contribution in [2.24, 2.45) is 45.9 Å². The molecule has 1 saturated heterocycles. The van der Waals surface area contributed by atoms with Crippen LogP contribution in [0.3, 0.4) is 0 Å². The molecular weight excluding hydrogens is 1380 g/mol. The van der Waals surface area contributed by atoms with Gasteiger partial charge in [0.15, 0.2) is 5.96 Å². The number of imidazole rings is 1. The number of hydrogen-bond acceptors (Lipinski definition) is 20. The third-order valence-electron chi connectivity index (χ3n) is 17.3. The third kappa shape index (κ3) is 31.9. The van der Waals surface area contributed by atoms with E-state index in [1.165, 1.54) is 50.3 Å². The molecule has 1 aromatic carbocycles. The van der Waals surface area contributed by atoms with Gasteiger partial charge in [-0.15, -0.1) is 0 Å². The lowest BCUT2D eigenvalue weighted by Gasteiger charge is -2.30. The van der Waals surface area contributed by atoms with Crippen LogP contribution in [-0.4, -0.2) is 223 Å². The Bertz CT molecular complexity index is 3220. The number of thioether (sulfide) groups is 1. The predicted molar refractivity (Wildman–Crippen MR) is 382 cm³/mol. The van der Waals surface area contributed by atoms with Crippen LogP contribution in [0, 0.1) is 23.7 Å². The van der Waals surface area contributed by atoms with E-state index < -0.39 is 199 Å². The Balaban J connectivity index is 1.92. The van der Waals surface area contributed by atoms with Crippen LogP contribution >= 0.6 is 11.8 Å². The lowest BCUT2D eigenvalue weighted by Crippen LogP contribution is -2.61. The minimum atomic E-state index is -1.76. The van der Waals surface area contributed by atoms with Crippen molar-refractivity contribution in [2.75, 3.05) is 31.6 Å². The van der Waals surface area contributed by atoms with Gasteiger partial charge in [0.2, 0.25) is 70.9 Å².